The van der Waals surface area contributed by atoms with Crippen molar-refractivity contribution in [2.75, 3.05) is 26.4 Å². The highest BCUT2D eigenvalue weighted by molar-refractivity contribution is 9.10. The molecule has 0 saturated heterocycles. The molecule has 0 aliphatic rings. The molecule has 0 atom stereocenters. The molecule has 0 fully saturated rings. The van der Waals surface area contributed by atoms with Crippen LogP contribution in [0.1, 0.15) is 17.3 Å². The van der Waals surface area contributed by atoms with Crippen LogP contribution < -0.4 is 20.3 Å². The molecule has 2 aromatic rings. The van der Waals surface area contributed by atoms with Gasteiger partial charge in [0.05, 0.1) is 12.2 Å². The maximum Gasteiger partial charge on any atom is 0.276 e. The van der Waals surface area contributed by atoms with Gasteiger partial charge in [0.2, 0.25) is 0 Å². The second-order valence-corrected chi connectivity index (χ2v) is 6.20. The van der Waals surface area contributed by atoms with Crippen LogP contribution >= 0.6 is 15.9 Å². The molecule has 0 heterocycles. The van der Waals surface area contributed by atoms with E-state index in [1.54, 1.807) is 48.5 Å². The van der Waals surface area contributed by atoms with Crippen molar-refractivity contribution in [3.63, 3.8) is 0 Å². The van der Waals surface area contributed by atoms with Gasteiger partial charge in [-0.05, 0) is 43.3 Å². The van der Waals surface area contributed by atoms with Crippen molar-refractivity contribution in [1.82, 2.24) is 10.9 Å². The van der Waals surface area contributed by atoms with E-state index in [0.29, 0.717) is 36.9 Å². The van der Waals surface area contributed by atoms with Crippen LogP contribution in [0.3, 0.4) is 0 Å². The molecule has 2 N–H and O–H groups in total. The molecule has 2 aromatic carbocycles. The van der Waals surface area contributed by atoms with Crippen molar-refractivity contribution in [3.05, 3.63) is 58.6 Å². The summed E-state index contributed by atoms with van der Waals surface area (Å²) < 4.78 is 17.0. The molecule has 144 valence electrons. The Morgan fingerprint density at radius 1 is 0.963 bits per heavy atom. The van der Waals surface area contributed by atoms with Gasteiger partial charge >= 0.3 is 0 Å². The van der Waals surface area contributed by atoms with Crippen LogP contribution in [-0.2, 0) is 9.53 Å². The molecule has 0 aliphatic heterocycles. The fourth-order valence-electron chi connectivity index (χ4n) is 2.04. The van der Waals surface area contributed by atoms with Gasteiger partial charge in [-0.15, -0.1) is 0 Å². The molecule has 0 aliphatic carbocycles. The molecule has 27 heavy (non-hydrogen) atoms. The summed E-state index contributed by atoms with van der Waals surface area (Å²) >= 11 is 3.32. The van der Waals surface area contributed by atoms with Gasteiger partial charge in [0, 0.05) is 11.1 Å². The van der Waals surface area contributed by atoms with E-state index in [0.717, 1.165) is 4.47 Å². The van der Waals surface area contributed by atoms with Crippen LogP contribution in [0.25, 0.3) is 0 Å². The zero-order chi connectivity index (χ0) is 19.5. The van der Waals surface area contributed by atoms with E-state index < -0.39 is 11.8 Å². The quantitative estimate of drug-likeness (QED) is 0.466. The monoisotopic (exact) mass is 436 g/mol. The lowest BCUT2D eigenvalue weighted by atomic mass is 10.2. The first-order chi connectivity index (χ1) is 13.1. The summed E-state index contributed by atoms with van der Waals surface area (Å²) in [5.41, 5.74) is 4.97. The van der Waals surface area contributed by atoms with Crippen molar-refractivity contribution in [2.24, 2.45) is 0 Å². The average molecular weight is 437 g/mol. The third-order valence-corrected chi connectivity index (χ3v) is 3.85. The van der Waals surface area contributed by atoms with Crippen LogP contribution in [0.15, 0.2) is 53.0 Å². The predicted molar refractivity (Wildman–Crippen MR) is 104 cm³/mol. The first-order valence-corrected chi connectivity index (χ1v) is 9.16. The number of hydrogen-bond donors (Lipinski definition) is 2. The van der Waals surface area contributed by atoms with Crippen LogP contribution in [-0.4, -0.2) is 38.2 Å². The SMILES string of the molecule is CCOCCOc1ccccc1C(=O)NNC(=O)COc1ccc(Br)cc1. The van der Waals surface area contributed by atoms with E-state index in [2.05, 4.69) is 26.8 Å². The number of ether oxygens (including phenoxy) is 3. The molecule has 8 heteroatoms. The Morgan fingerprint density at radius 3 is 2.44 bits per heavy atom. The average Bonchev–Trinajstić information content (AvgIpc) is 2.69. The number of halogens is 1. The number of hydrogen-bond acceptors (Lipinski definition) is 5. The normalized spacial score (nSPS) is 10.1. The summed E-state index contributed by atoms with van der Waals surface area (Å²) in [6.45, 7) is 3.01. The number of carbonyl (C=O) groups is 2. The van der Waals surface area contributed by atoms with Crippen molar-refractivity contribution in [1.29, 1.82) is 0 Å². The number of amides is 2. The van der Waals surface area contributed by atoms with Gasteiger partial charge in [0.1, 0.15) is 18.1 Å². The fourth-order valence-corrected chi connectivity index (χ4v) is 2.31. The molecule has 2 amide bonds. The van der Waals surface area contributed by atoms with Gasteiger partial charge in [0.15, 0.2) is 6.61 Å². The smallest absolute Gasteiger partial charge is 0.276 e. The highest BCUT2D eigenvalue weighted by Crippen LogP contribution is 2.18. The van der Waals surface area contributed by atoms with E-state index in [4.69, 9.17) is 14.2 Å². The molecule has 0 spiro atoms. The lowest BCUT2D eigenvalue weighted by Crippen LogP contribution is -2.43. The zero-order valence-electron chi connectivity index (χ0n) is 14.9. The second kappa shape index (κ2) is 11.2. The molecular weight excluding hydrogens is 416 g/mol. The van der Waals surface area contributed by atoms with Crippen molar-refractivity contribution in [2.45, 2.75) is 6.92 Å². The topological polar surface area (TPSA) is 85.9 Å². The van der Waals surface area contributed by atoms with Crippen LogP contribution in [0.4, 0.5) is 0 Å². The number of rotatable bonds is 9. The first-order valence-electron chi connectivity index (χ1n) is 8.37. The Morgan fingerprint density at radius 2 is 1.70 bits per heavy atom. The van der Waals surface area contributed by atoms with Gasteiger partial charge in [-0.1, -0.05) is 28.1 Å². The Hall–Kier alpha value is -2.58. The third-order valence-electron chi connectivity index (χ3n) is 3.32. The molecule has 0 aromatic heterocycles. The summed E-state index contributed by atoms with van der Waals surface area (Å²) in [6, 6.07) is 13.8. The van der Waals surface area contributed by atoms with E-state index >= 15 is 0 Å². The molecule has 0 saturated carbocycles. The number of nitrogens with one attached hydrogen (secondary N) is 2. The largest absolute Gasteiger partial charge is 0.490 e. The predicted octanol–water partition coefficient (Wildman–Crippen LogP) is 2.70. The summed E-state index contributed by atoms with van der Waals surface area (Å²) in [6.07, 6.45) is 0. The van der Waals surface area contributed by atoms with Gasteiger partial charge in [-0.2, -0.15) is 0 Å². The molecule has 7 nitrogen and oxygen atoms in total. The maximum atomic E-state index is 12.3. The van der Waals surface area contributed by atoms with Crippen molar-refractivity contribution >= 4 is 27.7 Å². The number of hydrazine groups is 1. The first kappa shape index (κ1) is 20.7. The maximum absolute atomic E-state index is 12.3. The van der Waals surface area contributed by atoms with E-state index in [-0.39, 0.29) is 6.61 Å². The number of benzene rings is 2. The van der Waals surface area contributed by atoms with Crippen molar-refractivity contribution in [3.8, 4) is 11.5 Å². The van der Waals surface area contributed by atoms with Gasteiger partial charge in [0.25, 0.3) is 11.8 Å². The Balaban J connectivity index is 1.80. The van der Waals surface area contributed by atoms with Gasteiger partial charge < -0.3 is 14.2 Å². The molecule has 0 bridgehead atoms. The lowest BCUT2D eigenvalue weighted by molar-refractivity contribution is -0.123. The summed E-state index contributed by atoms with van der Waals surface area (Å²) in [7, 11) is 0. The van der Waals surface area contributed by atoms with E-state index in [1.807, 2.05) is 6.92 Å². The van der Waals surface area contributed by atoms with Crippen LogP contribution in [0.2, 0.25) is 0 Å². The summed E-state index contributed by atoms with van der Waals surface area (Å²) in [4.78, 5) is 24.1. The van der Waals surface area contributed by atoms with Gasteiger partial charge in [-0.25, -0.2) is 0 Å². The minimum atomic E-state index is -0.487. The molecule has 0 radical (unpaired) electrons. The van der Waals surface area contributed by atoms with Crippen molar-refractivity contribution < 1.29 is 23.8 Å². The number of carbonyl (C=O) groups excluding carboxylic acids is 2. The van der Waals surface area contributed by atoms with Crippen LogP contribution in [0.5, 0.6) is 11.5 Å². The zero-order valence-corrected chi connectivity index (χ0v) is 16.5. The molecule has 0 unspecified atom stereocenters. The Labute approximate surface area is 166 Å². The fraction of sp³-hybridized carbons (Fsp3) is 0.263. The second-order valence-electron chi connectivity index (χ2n) is 5.29. The number of para-hydroxylation sites is 1. The van der Waals surface area contributed by atoms with Gasteiger partial charge in [-0.3, -0.25) is 20.4 Å². The highest BCUT2D eigenvalue weighted by atomic mass is 79.9. The molecule has 2 rings (SSSR count). The van der Waals surface area contributed by atoms with Crippen LogP contribution in [0, 0.1) is 0 Å². The van der Waals surface area contributed by atoms with E-state index in [1.165, 1.54) is 0 Å². The Kier molecular flexibility index (Phi) is 8.60. The summed E-state index contributed by atoms with van der Waals surface area (Å²) in [5, 5.41) is 0. The standard InChI is InChI=1S/C19H21BrN2O5/c1-2-25-11-12-26-17-6-4-3-5-16(17)19(24)22-21-18(23)13-27-15-9-7-14(20)8-10-15/h3-10H,2,11-13H2,1H3,(H,21,23)(H,22,24). The summed E-state index contributed by atoms with van der Waals surface area (Å²) in [5.74, 6) is -0.0113. The minimum Gasteiger partial charge on any atom is -0.490 e. The lowest BCUT2D eigenvalue weighted by Gasteiger charge is -2.12. The van der Waals surface area contributed by atoms with E-state index in [9.17, 15) is 9.59 Å². The highest BCUT2D eigenvalue weighted by Gasteiger charge is 2.13. The molecular formula is C19H21BrN2O5. The third kappa shape index (κ3) is 7.28. The minimum absolute atomic E-state index is 0.228. The Bertz CT molecular complexity index is 752.